The van der Waals surface area contributed by atoms with Crippen LogP contribution in [0.4, 0.5) is 8.78 Å². The zero-order valence-electron chi connectivity index (χ0n) is 10.6. The fraction of sp³-hybridized carbons (Fsp3) is 0.583. The number of carbonyl (C=O) groups excluding carboxylic acids is 1. The van der Waals surface area contributed by atoms with Crippen LogP contribution in [0.15, 0.2) is 12.4 Å². The van der Waals surface area contributed by atoms with Crippen molar-refractivity contribution in [1.82, 2.24) is 14.9 Å². The van der Waals surface area contributed by atoms with Gasteiger partial charge in [-0.3, -0.25) is 9.69 Å². The predicted molar refractivity (Wildman–Crippen MR) is 64.5 cm³/mol. The number of rotatable bonds is 3. The van der Waals surface area contributed by atoms with Crippen LogP contribution >= 0.6 is 0 Å². The van der Waals surface area contributed by atoms with E-state index in [2.05, 4.69) is 9.97 Å². The highest BCUT2D eigenvalue weighted by molar-refractivity contribution is 5.81. The smallest absolute Gasteiger partial charge is 0.250 e. The van der Waals surface area contributed by atoms with E-state index in [-0.39, 0.29) is 25.9 Å². The predicted octanol–water partition coefficient (Wildman–Crippen LogP) is 1.04. The third-order valence-corrected chi connectivity index (χ3v) is 3.28. The number of alkyl halides is 2. The molecule has 1 fully saturated rings. The van der Waals surface area contributed by atoms with E-state index in [0.29, 0.717) is 11.4 Å². The summed E-state index contributed by atoms with van der Waals surface area (Å²) >= 11 is 0. The molecule has 0 bridgehead atoms. The summed E-state index contributed by atoms with van der Waals surface area (Å²) in [5.74, 6) is -2.64. The first-order valence-electron chi connectivity index (χ1n) is 6.09. The number of carbonyl (C=O) groups is 1. The lowest BCUT2D eigenvalue weighted by Gasteiger charge is -2.35. The minimum Gasteiger partial charge on any atom is -0.368 e. The lowest BCUT2D eigenvalue weighted by atomic mass is 10.0. The summed E-state index contributed by atoms with van der Waals surface area (Å²) in [5, 5.41) is 0. The molecule has 19 heavy (non-hydrogen) atoms. The average molecular weight is 270 g/mol. The van der Waals surface area contributed by atoms with E-state index in [1.165, 1.54) is 12.4 Å². The van der Waals surface area contributed by atoms with Gasteiger partial charge in [0, 0.05) is 43.9 Å². The molecular weight excluding hydrogens is 254 g/mol. The maximum atomic E-state index is 13.1. The van der Waals surface area contributed by atoms with Gasteiger partial charge in [-0.1, -0.05) is 0 Å². The van der Waals surface area contributed by atoms with Crippen molar-refractivity contribution in [3.8, 4) is 0 Å². The van der Waals surface area contributed by atoms with Crippen LogP contribution in [0, 0.1) is 6.92 Å². The summed E-state index contributed by atoms with van der Waals surface area (Å²) in [5.41, 5.74) is 5.93. The number of aromatic nitrogens is 2. The molecule has 0 aromatic carbocycles. The highest BCUT2D eigenvalue weighted by atomic mass is 19.3. The molecule has 1 aromatic heterocycles. The number of primary amides is 1. The number of halogens is 2. The normalized spacial score (nSPS) is 21.0. The van der Waals surface area contributed by atoms with Crippen LogP contribution in [0.3, 0.4) is 0 Å². The summed E-state index contributed by atoms with van der Waals surface area (Å²) in [6, 6.07) is -0.739. The van der Waals surface area contributed by atoms with Gasteiger partial charge in [0.1, 0.15) is 11.9 Å². The van der Waals surface area contributed by atoms with Crippen molar-refractivity contribution >= 4 is 5.91 Å². The minimum absolute atomic E-state index is 0.133. The van der Waals surface area contributed by atoms with Crippen LogP contribution in [0.5, 0.6) is 0 Å². The SMILES string of the molecule is Cc1ncc([C@H](C(N)=O)N2CCC(F)(F)CC2)cn1. The standard InChI is InChI=1S/C12H16F2N4O/c1-8-16-6-9(7-17-8)10(11(15)19)18-4-2-12(13,14)3-5-18/h6-7,10H,2-5H2,1H3,(H2,15,19)/t10-/m1/s1. The van der Waals surface area contributed by atoms with Gasteiger partial charge < -0.3 is 5.73 Å². The Bertz CT molecular complexity index is 453. The molecule has 0 aliphatic carbocycles. The number of likely N-dealkylation sites (tertiary alicyclic amines) is 1. The van der Waals surface area contributed by atoms with Crippen molar-refractivity contribution in [3.05, 3.63) is 23.8 Å². The number of nitrogens with two attached hydrogens (primary N) is 1. The average Bonchev–Trinajstić information content (AvgIpc) is 2.33. The molecular formula is C12H16F2N4O. The van der Waals surface area contributed by atoms with E-state index in [0.717, 1.165) is 0 Å². The van der Waals surface area contributed by atoms with E-state index in [1.54, 1.807) is 11.8 Å². The molecule has 1 saturated heterocycles. The van der Waals surface area contributed by atoms with Gasteiger partial charge in [0.15, 0.2) is 0 Å². The lowest BCUT2D eigenvalue weighted by molar-refractivity contribution is -0.127. The Labute approximate surface area is 109 Å². The topological polar surface area (TPSA) is 72.1 Å². The molecule has 2 heterocycles. The van der Waals surface area contributed by atoms with Gasteiger partial charge in [0.25, 0.3) is 5.92 Å². The van der Waals surface area contributed by atoms with Crippen molar-refractivity contribution in [1.29, 1.82) is 0 Å². The third kappa shape index (κ3) is 3.23. The van der Waals surface area contributed by atoms with Crippen molar-refractivity contribution < 1.29 is 13.6 Å². The molecule has 1 aliphatic rings. The number of hydrogen-bond acceptors (Lipinski definition) is 4. The van der Waals surface area contributed by atoms with Crippen LogP contribution in [0.2, 0.25) is 0 Å². The van der Waals surface area contributed by atoms with Crippen LogP contribution in [-0.4, -0.2) is 39.8 Å². The van der Waals surface area contributed by atoms with Gasteiger partial charge in [-0.05, 0) is 6.92 Å². The first-order chi connectivity index (χ1) is 8.89. The molecule has 1 amide bonds. The lowest BCUT2D eigenvalue weighted by Crippen LogP contribution is -2.45. The molecule has 0 radical (unpaired) electrons. The van der Waals surface area contributed by atoms with E-state index in [9.17, 15) is 13.6 Å². The fourth-order valence-corrected chi connectivity index (χ4v) is 2.21. The zero-order chi connectivity index (χ0) is 14.0. The molecule has 1 aliphatic heterocycles. The maximum Gasteiger partial charge on any atom is 0.250 e. The highest BCUT2D eigenvalue weighted by Crippen LogP contribution is 2.32. The summed E-state index contributed by atoms with van der Waals surface area (Å²) in [6.45, 7) is 1.99. The fourth-order valence-electron chi connectivity index (χ4n) is 2.21. The van der Waals surface area contributed by atoms with E-state index in [1.807, 2.05) is 0 Å². The number of hydrogen-bond donors (Lipinski definition) is 1. The Morgan fingerprint density at radius 2 is 1.89 bits per heavy atom. The zero-order valence-corrected chi connectivity index (χ0v) is 10.6. The molecule has 2 rings (SSSR count). The molecule has 2 N–H and O–H groups in total. The molecule has 0 spiro atoms. The van der Waals surface area contributed by atoms with Crippen LogP contribution in [0.1, 0.15) is 30.3 Å². The van der Waals surface area contributed by atoms with Crippen molar-refractivity contribution in [2.75, 3.05) is 13.1 Å². The Morgan fingerprint density at radius 3 is 2.37 bits per heavy atom. The Morgan fingerprint density at radius 1 is 1.37 bits per heavy atom. The van der Waals surface area contributed by atoms with Gasteiger partial charge in [0.05, 0.1) is 0 Å². The van der Waals surface area contributed by atoms with Gasteiger partial charge in [-0.2, -0.15) is 0 Å². The first kappa shape index (κ1) is 13.8. The molecule has 1 atom stereocenters. The number of aryl methyl sites for hydroxylation is 1. The van der Waals surface area contributed by atoms with E-state index in [4.69, 9.17) is 5.73 Å². The highest BCUT2D eigenvalue weighted by Gasteiger charge is 2.38. The van der Waals surface area contributed by atoms with Gasteiger partial charge >= 0.3 is 0 Å². The van der Waals surface area contributed by atoms with E-state index < -0.39 is 17.9 Å². The summed E-state index contributed by atoms with van der Waals surface area (Å²) in [6.07, 6.45) is 2.52. The molecule has 7 heteroatoms. The van der Waals surface area contributed by atoms with E-state index >= 15 is 0 Å². The second kappa shape index (κ2) is 5.16. The molecule has 0 unspecified atom stereocenters. The Balaban J connectivity index is 2.17. The largest absolute Gasteiger partial charge is 0.368 e. The summed E-state index contributed by atoms with van der Waals surface area (Å²) < 4.78 is 26.3. The molecule has 0 saturated carbocycles. The van der Waals surface area contributed by atoms with Crippen molar-refractivity contribution in [3.63, 3.8) is 0 Å². The van der Waals surface area contributed by atoms with Crippen LogP contribution in [0.25, 0.3) is 0 Å². The second-order valence-corrected chi connectivity index (χ2v) is 4.76. The Hall–Kier alpha value is -1.63. The monoisotopic (exact) mass is 270 g/mol. The quantitative estimate of drug-likeness (QED) is 0.890. The van der Waals surface area contributed by atoms with Crippen molar-refractivity contribution in [2.45, 2.75) is 31.7 Å². The first-order valence-corrected chi connectivity index (χ1v) is 6.09. The third-order valence-electron chi connectivity index (χ3n) is 3.28. The summed E-state index contributed by atoms with van der Waals surface area (Å²) in [4.78, 5) is 21.3. The van der Waals surface area contributed by atoms with Gasteiger partial charge in [-0.25, -0.2) is 18.7 Å². The van der Waals surface area contributed by atoms with Crippen LogP contribution in [-0.2, 0) is 4.79 Å². The number of nitrogens with zero attached hydrogens (tertiary/aromatic N) is 3. The van der Waals surface area contributed by atoms with Crippen LogP contribution < -0.4 is 5.73 Å². The maximum absolute atomic E-state index is 13.1. The molecule has 5 nitrogen and oxygen atoms in total. The second-order valence-electron chi connectivity index (χ2n) is 4.76. The summed E-state index contributed by atoms with van der Waals surface area (Å²) in [7, 11) is 0. The number of piperidine rings is 1. The Kier molecular flexibility index (Phi) is 3.75. The van der Waals surface area contributed by atoms with Gasteiger partial charge in [0.2, 0.25) is 5.91 Å². The van der Waals surface area contributed by atoms with Crippen molar-refractivity contribution in [2.24, 2.45) is 5.73 Å². The number of amides is 1. The molecule has 1 aromatic rings. The minimum atomic E-state index is -2.65. The van der Waals surface area contributed by atoms with Gasteiger partial charge in [-0.15, -0.1) is 0 Å². The molecule has 104 valence electrons.